The molecular formula is C7H9BrO2. The molecule has 0 unspecified atom stereocenters. The van der Waals surface area contributed by atoms with Gasteiger partial charge >= 0.3 is 0 Å². The van der Waals surface area contributed by atoms with Crippen molar-refractivity contribution in [2.45, 2.75) is 0 Å². The highest BCUT2D eigenvalue weighted by Gasteiger charge is 1.80. The minimum atomic E-state index is -0.0122. The van der Waals surface area contributed by atoms with E-state index in [4.69, 9.17) is 5.11 Å². The zero-order chi connectivity index (χ0) is 7.82. The van der Waals surface area contributed by atoms with Crippen LogP contribution >= 0.6 is 15.9 Å². The van der Waals surface area contributed by atoms with Crippen molar-refractivity contribution in [2.24, 2.45) is 0 Å². The topological polar surface area (TPSA) is 29.5 Å². The van der Waals surface area contributed by atoms with Crippen LogP contribution in [0.2, 0.25) is 0 Å². The van der Waals surface area contributed by atoms with E-state index in [9.17, 15) is 0 Å². The fourth-order valence-electron chi connectivity index (χ4n) is 0.289. The largest absolute Gasteiger partial charge is 0.391 e. The lowest BCUT2D eigenvalue weighted by Gasteiger charge is -1.84. The summed E-state index contributed by atoms with van der Waals surface area (Å²) in [6.45, 7) is 0.407. The van der Waals surface area contributed by atoms with Crippen LogP contribution in [-0.4, -0.2) is 25.4 Å². The first-order chi connectivity index (χ1) is 4.81. The van der Waals surface area contributed by atoms with Gasteiger partial charge in [0.15, 0.2) is 0 Å². The molecular weight excluding hydrogens is 196 g/mol. The van der Waals surface area contributed by atoms with Gasteiger partial charge in [0.25, 0.3) is 0 Å². The Morgan fingerprint density at radius 1 is 1.80 bits per heavy atom. The SMILES string of the molecule is COCC#C/C=C(\Br)CO. The van der Waals surface area contributed by atoms with Gasteiger partial charge in [0.2, 0.25) is 0 Å². The maximum atomic E-state index is 8.48. The van der Waals surface area contributed by atoms with Gasteiger partial charge in [-0.25, -0.2) is 0 Å². The predicted molar refractivity (Wildman–Crippen MR) is 43.7 cm³/mol. The molecule has 0 bridgehead atoms. The summed E-state index contributed by atoms with van der Waals surface area (Å²) in [7, 11) is 1.58. The molecule has 1 N–H and O–H groups in total. The Kier molecular flexibility index (Phi) is 6.61. The molecule has 0 rings (SSSR count). The first-order valence-electron chi connectivity index (χ1n) is 2.74. The summed E-state index contributed by atoms with van der Waals surface area (Å²) in [6.07, 6.45) is 1.60. The van der Waals surface area contributed by atoms with Crippen LogP contribution in [0.1, 0.15) is 0 Å². The van der Waals surface area contributed by atoms with Crippen LogP contribution in [0.3, 0.4) is 0 Å². The Bertz CT molecular complexity index is 164. The molecule has 10 heavy (non-hydrogen) atoms. The van der Waals surface area contributed by atoms with Gasteiger partial charge in [-0.05, 0) is 0 Å². The predicted octanol–water partition coefficient (Wildman–Crippen LogP) is 0.907. The number of aliphatic hydroxyl groups excluding tert-OH is 1. The van der Waals surface area contributed by atoms with E-state index in [1.54, 1.807) is 13.2 Å². The van der Waals surface area contributed by atoms with Crippen LogP contribution in [-0.2, 0) is 4.74 Å². The fourth-order valence-corrected chi connectivity index (χ4v) is 0.403. The molecule has 56 valence electrons. The average Bonchev–Trinajstić information content (AvgIpc) is 1.98. The van der Waals surface area contributed by atoms with Gasteiger partial charge in [0.05, 0.1) is 6.61 Å². The minimum Gasteiger partial charge on any atom is -0.391 e. The standard InChI is InChI=1S/C7H9BrO2/c1-10-5-3-2-4-7(8)6-9/h4,9H,5-6H2,1H3/b7-4-. The summed E-state index contributed by atoms with van der Waals surface area (Å²) in [5.41, 5.74) is 0. The zero-order valence-electron chi connectivity index (χ0n) is 5.72. The van der Waals surface area contributed by atoms with Crippen LogP contribution in [0, 0.1) is 11.8 Å². The summed E-state index contributed by atoms with van der Waals surface area (Å²) in [5, 5.41) is 8.48. The van der Waals surface area contributed by atoms with E-state index in [-0.39, 0.29) is 6.61 Å². The van der Waals surface area contributed by atoms with Crippen molar-refractivity contribution in [1.29, 1.82) is 0 Å². The van der Waals surface area contributed by atoms with Crippen molar-refractivity contribution in [3.8, 4) is 11.8 Å². The van der Waals surface area contributed by atoms with Crippen LogP contribution in [0.5, 0.6) is 0 Å². The van der Waals surface area contributed by atoms with E-state index in [0.29, 0.717) is 11.1 Å². The molecule has 0 heterocycles. The maximum Gasteiger partial charge on any atom is 0.107 e. The van der Waals surface area contributed by atoms with Gasteiger partial charge in [0.1, 0.15) is 6.61 Å². The third-order valence-electron chi connectivity index (χ3n) is 0.698. The zero-order valence-corrected chi connectivity index (χ0v) is 7.31. The van der Waals surface area contributed by atoms with Gasteiger partial charge in [-0.3, -0.25) is 0 Å². The van der Waals surface area contributed by atoms with Crippen LogP contribution in [0.25, 0.3) is 0 Å². The lowest BCUT2D eigenvalue weighted by atomic mass is 10.5. The molecule has 0 aromatic heterocycles. The number of allylic oxidation sites excluding steroid dienone is 1. The molecule has 0 saturated carbocycles. The van der Waals surface area contributed by atoms with Gasteiger partial charge in [-0.2, -0.15) is 0 Å². The number of ether oxygens (including phenoxy) is 1. The number of methoxy groups -OCH3 is 1. The first-order valence-corrected chi connectivity index (χ1v) is 3.53. The van der Waals surface area contributed by atoms with Crippen LogP contribution in [0.4, 0.5) is 0 Å². The third kappa shape index (κ3) is 5.83. The minimum absolute atomic E-state index is 0.0122. The van der Waals surface area contributed by atoms with Crippen molar-refractivity contribution >= 4 is 15.9 Å². The molecule has 0 aromatic rings. The van der Waals surface area contributed by atoms with Crippen molar-refractivity contribution in [1.82, 2.24) is 0 Å². The molecule has 3 heteroatoms. The molecule has 0 aliphatic carbocycles. The monoisotopic (exact) mass is 204 g/mol. The molecule has 0 atom stereocenters. The number of rotatable bonds is 2. The summed E-state index contributed by atoms with van der Waals surface area (Å²) >= 11 is 3.10. The maximum absolute atomic E-state index is 8.48. The Morgan fingerprint density at radius 3 is 3.00 bits per heavy atom. The van der Waals surface area contributed by atoms with Crippen LogP contribution in [0.15, 0.2) is 10.6 Å². The Labute approximate surface area is 69.0 Å². The lowest BCUT2D eigenvalue weighted by molar-refractivity contribution is 0.240. The lowest BCUT2D eigenvalue weighted by Crippen LogP contribution is -1.81. The smallest absolute Gasteiger partial charge is 0.107 e. The number of aliphatic hydroxyl groups is 1. The van der Waals surface area contributed by atoms with Gasteiger partial charge in [-0.15, -0.1) is 0 Å². The second kappa shape index (κ2) is 6.81. The molecule has 2 nitrogen and oxygen atoms in total. The molecule has 0 saturated heterocycles. The Hall–Kier alpha value is -0.300. The Morgan fingerprint density at radius 2 is 2.50 bits per heavy atom. The first kappa shape index (κ1) is 9.70. The number of hydrogen-bond acceptors (Lipinski definition) is 2. The molecule has 0 aliphatic heterocycles. The molecule has 0 aromatic carbocycles. The van der Waals surface area contributed by atoms with E-state index >= 15 is 0 Å². The van der Waals surface area contributed by atoms with Crippen molar-refractivity contribution in [2.75, 3.05) is 20.3 Å². The quantitative estimate of drug-likeness (QED) is 0.679. The van der Waals surface area contributed by atoms with Gasteiger partial charge in [-0.1, -0.05) is 27.8 Å². The van der Waals surface area contributed by atoms with E-state index < -0.39 is 0 Å². The molecule has 0 spiro atoms. The number of halogens is 1. The van der Waals surface area contributed by atoms with Gasteiger partial charge < -0.3 is 9.84 Å². The van der Waals surface area contributed by atoms with Crippen molar-refractivity contribution < 1.29 is 9.84 Å². The second-order valence-corrected chi connectivity index (χ2v) is 2.52. The fraction of sp³-hybridized carbons (Fsp3) is 0.429. The molecule has 0 aliphatic rings. The third-order valence-corrected chi connectivity index (χ3v) is 1.18. The highest BCUT2D eigenvalue weighted by molar-refractivity contribution is 9.11. The highest BCUT2D eigenvalue weighted by atomic mass is 79.9. The van der Waals surface area contributed by atoms with E-state index in [1.165, 1.54) is 0 Å². The highest BCUT2D eigenvalue weighted by Crippen LogP contribution is 2.00. The van der Waals surface area contributed by atoms with E-state index in [1.807, 2.05) is 0 Å². The van der Waals surface area contributed by atoms with Gasteiger partial charge in [0, 0.05) is 17.7 Å². The normalized spacial score (nSPS) is 10.5. The molecule has 0 radical (unpaired) electrons. The summed E-state index contributed by atoms with van der Waals surface area (Å²) < 4.78 is 5.35. The van der Waals surface area contributed by atoms with E-state index in [0.717, 1.165) is 0 Å². The molecule has 0 fully saturated rings. The summed E-state index contributed by atoms with van der Waals surface area (Å²) in [6, 6.07) is 0. The average molecular weight is 205 g/mol. The molecule has 0 amide bonds. The van der Waals surface area contributed by atoms with Crippen molar-refractivity contribution in [3.63, 3.8) is 0 Å². The Balaban J connectivity index is 3.61. The number of hydrogen-bond donors (Lipinski definition) is 1. The second-order valence-electron chi connectivity index (χ2n) is 1.50. The van der Waals surface area contributed by atoms with Crippen molar-refractivity contribution in [3.05, 3.63) is 10.6 Å². The van der Waals surface area contributed by atoms with E-state index in [2.05, 4.69) is 32.5 Å². The summed E-state index contributed by atoms with van der Waals surface area (Å²) in [4.78, 5) is 0. The summed E-state index contributed by atoms with van der Waals surface area (Å²) in [5.74, 6) is 5.40. The van der Waals surface area contributed by atoms with Crippen LogP contribution < -0.4 is 0 Å².